The monoisotopic (exact) mass is 330 g/mol. The van der Waals surface area contributed by atoms with Crippen molar-refractivity contribution in [3.63, 3.8) is 0 Å². The van der Waals surface area contributed by atoms with Gasteiger partial charge in [0.05, 0.1) is 0 Å². The Hall–Kier alpha value is -1.52. The van der Waals surface area contributed by atoms with Crippen molar-refractivity contribution in [2.75, 3.05) is 5.73 Å². The highest BCUT2D eigenvalue weighted by molar-refractivity contribution is 9.10. The number of hydrogen-bond donors (Lipinski definition) is 1. The number of nitrogens with two attached hydrogens (primary N) is 1. The lowest BCUT2D eigenvalue weighted by Crippen LogP contribution is -1.89. The van der Waals surface area contributed by atoms with Crippen LogP contribution >= 0.6 is 27.7 Å². The summed E-state index contributed by atoms with van der Waals surface area (Å²) in [6.07, 6.45) is 3.61. The Kier molecular flexibility index (Phi) is 3.44. The van der Waals surface area contributed by atoms with Crippen LogP contribution in [0, 0.1) is 0 Å². The molecule has 2 nitrogen and oxygen atoms in total. The van der Waals surface area contributed by atoms with Crippen LogP contribution in [0.25, 0.3) is 10.8 Å². The molecule has 1 aromatic heterocycles. The van der Waals surface area contributed by atoms with E-state index in [9.17, 15) is 0 Å². The molecule has 94 valence electrons. The first-order valence-electron chi connectivity index (χ1n) is 5.80. The van der Waals surface area contributed by atoms with E-state index in [-0.39, 0.29) is 0 Å². The van der Waals surface area contributed by atoms with Gasteiger partial charge in [-0.2, -0.15) is 0 Å². The lowest BCUT2D eigenvalue weighted by atomic mass is 10.1. The van der Waals surface area contributed by atoms with Crippen molar-refractivity contribution in [2.45, 2.75) is 9.79 Å². The van der Waals surface area contributed by atoms with E-state index in [1.165, 1.54) is 9.79 Å². The van der Waals surface area contributed by atoms with Crippen molar-refractivity contribution in [2.24, 2.45) is 0 Å². The molecule has 0 unspecified atom stereocenters. The summed E-state index contributed by atoms with van der Waals surface area (Å²) in [7, 11) is 0. The SMILES string of the molecule is Nc1ccc(Sc2ccc(Br)cc2)c2ccncc12. The fourth-order valence-corrected chi connectivity index (χ4v) is 3.12. The predicted molar refractivity (Wildman–Crippen MR) is 84.4 cm³/mol. The number of nitrogens with zero attached hydrogens (tertiary/aromatic N) is 1. The average Bonchev–Trinajstić information content (AvgIpc) is 2.45. The van der Waals surface area contributed by atoms with Gasteiger partial charge in [-0.25, -0.2) is 0 Å². The molecule has 0 fully saturated rings. The minimum absolute atomic E-state index is 0.767. The van der Waals surface area contributed by atoms with Crippen LogP contribution < -0.4 is 5.73 Å². The largest absolute Gasteiger partial charge is 0.398 e. The molecule has 0 saturated heterocycles. The number of benzene rings is 2. The van der Waals surface area contributed by atoms with E-state index in [0.717, 1.165) is 20.9 Å². The summed E-state index contributed by atoms with van der Waals surface area (Å²) in [4.78, 5) is 6.53. The molecule has 0 radical (unpaired) electrons. The van der Waals surface area contributed by atoms with E-state index in [1.807, 2.05) is 30.5 Å². The Morgan fingerprint density at radius 2 is 1.74 bits per heavy atom. The van der Waals surface area contributed by atoms with Crippen molar-refractivity contribution >= 4 is 44.2 Å². The summed E-state index contributed by atoms with van der Waals surface area (Å²) < 4.78 is 1.09. The van der Waals surface area contributed by atoms with Crippen molar-refractivity contribution in [3.05, 3.63) is 59.3 Å². The summed E-state index contributed by atoms with van der Waals surface area (Å²) in [5.41, 5.74) is 6.75. The maximum atomic E-state index is 5.98. The minimum atomic E-state index is 0.767. The molecule has 0 saturated carbocycles. The molecule has 3 aromatic rings. The topological polar surface area (TPSA) is 38.9 Å². The molecule has 0 amide bonds. The maximum absolute atomic E-state index is 5.98. The molecule has 3 rings (SSSR count). The van der Waals surface area contributed by atoms with Crippen molar-refractivity contribution in [1.29, 1.82) is 0 Å². The second kappa shape index (κ2) is 5.23. The fourth-order valence-electron chi connectivity index (χ4n) is 1.90. The molecule has 2 aromatic carbocycles. The Bertz CT molecular complexity index is 726. The molecule has 0 bridgehead atoms. The summed E-state index contributed by atoms with van der Waals surface area (Å²) >= 11 is 5.18. The normalized spacial score (nSPS) is 10.8. The molecular formula is C15H11BrN2S. The number of nitrogen functional groups attached to an aromatic ring is 1. The second-order valence-electron chi connectivity index (χ2n) is 4.13. The Labute approximate surface area is 124 Å². The molecular weight excluding hydrogens is 320 g/mol. The Morgan fingerprint density at radius 3 is 2.53 bits per heavy atom. The van der Waals surface area contributed by atoms with E-state index >= 15 is 0 Å². The van der Waals surface area contributed by atoms with Crippen LogP contribution in [0.15, 0.2) is 69.1 Å². The van der Waals surface area contributed by atoms with E-state index < -0.39 is 0 Å². The van der Waals surface area contributed by atoms with Crippen LogP contribution in [-0.4, -0.2) is 4.98 Å². The molecule has 4 heteroatoms. The maximum Gasteiger partial charge on any atom is 0.0410 e. The zero-order valence-corrected chi connectivity index (χ0v) is 12.4. The number of fused-ring (bicyclic) bond motifs is 1. The van der Waals surface area contributed by atoms with Crippen LogP contribution in [0.4, 0.5) is 5.69 Å². The third-order valence-corrected chi connectivity index (χ3v) is 4.47. The summed E-state index contributed by atoms with van der Waals surface area (Å²) in [6, 6.07) is 14.3. The van der Waals surface area contributed by atoms with Crippen LogP contribution in [0.3, 0.4) is 0 Å². The molecule has 0 atom stereocenters. The van der Waals surface area contributed by atoms with E-state index in [0.29, 0.717) is 0 Å². The molecule has 0 aliphatic carbocycles. The molecule has 0 aliphatic heterocycles. The lowest BCUT2D eigenvalue weighted by Gasteiger charge is -2.08. The zero-order valence-electron chi connectivity index (χ0n) is 10.0. The lowest BCUT2D eigenvalue weighted by molar-refractivity contribution is 1.35. The van der Waals surface area contributed by atoms with E-state index in [1.54, 1.807) is 18.0 Å². The van der Waals surface area contributed by atoms with Crippen LogP contribution in [0.5, 0.6) is 0 Å². The third-order valence-electron chi connectivity index (χ3n) is 2.85. The van der Waals surface area contributed by atoms with Crippen molar-refractivity contribution in [1.82, 2.24) is 4.98 Å². The first-order chi connectivity index (χ1) is 9.24. The van der Waals surface area contributed by atoms with Gasteiger partial charge in [-0.3, -0.25) is 4.98 Å². The molecule has 0 spiro atoms. The highest BCUT2D eigenvalue weighted by Gasteiger charge is 2.05. The summed E-state index contributed by atoms with van der Waals surface area (Å²) in [5, 5.41) is 2.15. The standard InChI is InChI=1S/C15H11BrN2S/c16-10-1-3-11(4-2-10)19-15-6-5-14(17)13-9-18-8-7-12(13)15/h1-9H,17H2. The Morgan fingerprint density at radius 1 is 0.947 bits per heavy atom. The number of aromatic nitrogens is 1. The quantitative estimate of drug-likeness (QED) is 0.690. The first kappa shape index (κ1) is 12.5. The molecule has 19 heavy (non-hydrogen) atoms. The highest BCUT2D eigenvalue weighted by atomic mass is 79.9. The zero-order chi connectivity index (χ0) is 13.2. The van der Waals surface area contributed by atoms with Gasteiger partial charge in [0.15, 0.2) is 0 Å². The fraction of sp³-hybridized carbons (Fsp3) is 0. The first-order valence-corrected chi connectivity index (χ1v) is 7.40. The minimum Gasteiger partial charge on any atom is -0.398 e. The molecule has 0 aliphatic rings. The van der Waals surface area contributed by atoms with Crippen molar-refractivity contribution in [3.8, 4) is 0 Å². The van der Waals surface area contributed by atoms with E-state index in [2.05, 4.69) is 39.1 Å². The van der Waals surface area contributed by atoms with Gasteiger partial charge < -0.3 is 5.73 Å². The number of anilines is 1. The number of pyridine rings is 1. The molecule has 1 heterocycles. The third kappa shape index (κ3) is 2.60. The summed E-state index contributed by atoms with van der Waals surface area (Å²) in [5.74, 6) is 0. The molecule has 2 N–H and O–H groups in total. The number of hydrogen-bond acceptors (Lipinski definition) is 3. The van der Waals surface area contributed by atoms with Gasteiger partial charge >= 0.3 is 0 Å². The second-order valence-corrected chi connectivity index (χ2v) is 6.16. The summed E-state index contributed by atoms with van der Waals surface area (Å²) in [6.45, 7) is 0. The van der Waals surface area contributed by atoms with Crippen LogP contribution in [-0.2, 0) is 0 Å². The van der Waals surface area contributed by atoms with Gasteiger partial charge in [-0.15, -0.1) is 0 Å². The van der Waals surface area contributed by atoms with Gasteiger partial charge in [0.1, 0.15) is 0 Å². The highest BCUT2D eigenvalue weighted by Crippen LogP contribution is 2.35. The average molecular weight is 331 g/mol. The Balaban J connectivity index is 2.06. The van der Waals surface area contributed by atoms with Gasteiger partial charge in [0.25, 0.3) is 0 Å². The number of halogens is 1. The van der Waals surface area contributed by atoms with Crippen LogP contribution in [0.2, 0.25) is 0 Å². The van der Waals surface area contributed by atoms with Gasteiger partial charge in [0, 0.05) is 43.1 Å². The number of rotatable bonds is 2. The van der Waals surface area contributed by atoms with Gasteiger partial charge in [-0.05, 0) is 42.5 Å². The smallest absolute Gasteiger partial charge is 0.0410 e. The van der Waals surface area contributed by atoms with Crippen LogP contribution in [0.1, 0.15) is 0 Å². The van der Waals surface area contributed by atoms with Gasteiger partial charge in [0.2, 0.25) is 0 Å². The predicted octanol–water partition coefficient (Wildman–Crippen LogP) is 4.73. The van der Waals surface area contributed by atoms with Gasteiger partial charge in [-0.1, -0.05) is 27.7 Å². The van der Waals surface area contributed by atoms with E-state index in [4.69, 9.17) is 5.73 Å². The van der Waals surface area contributed by atoms with Crippen molar-refractivity contribution < 1.29 is 0 Å².